The third kappa shape index (κ3) is 2.51. The number of ether oxygens (including phenoxy) is 1. The van der Waals surface area contributed by atoms with Gasteiger partial charge in [0, 0.05) is 11.2 Å². The van der Waals surface area contributed by atoms with Gasteiger partial charge in [0.05, 0.1) is 22.0 Å². The van der Waals surface area contributed by atoms with Crippen molar-refractivity contribution in [2.24, 2.45) is 5.73 Å². The number of primary amides is 1. The summed E-state index contributed by atoms with van der Waals surface area (Å²) in [6.07, 6.45) is 3.17. The number of hydrogen-bond acceptors (Lipinski definition) is 5. The Hall–Kier alpha value is -2.31. The van der Waals surface area contributed by atoms with E-state index in [0.717, 1.165) is 4.70 Å². The van der Waals surface area contributed by atoms with E-state index in [1.807, 2.05) is 0 Å². The molecule has 5 nitrogen and oxygen atoms in total. The molecule has 3 aromatic rings. The fourth-order valence-electron chi connectivity index (χ4n) is 1.93. The molecule has 0 atom stereocenters. The number of pyridine rings is 1. The number of benzene rings is 1. The van der Waals surface area contributed by atoms with Crippen molar-refractivity contribution in [3.63, 3.8) is 0 Å². The van der Waals surface area contributed by atoms with Crippen LogP contribution < -0.4 is 16.2 Å². The molecule has 0 bridgehead atoms. The van der Waals surface area contributed by atoms with E-state index < -0.39 is 5.91 Å². The van der Waals surface area contributed by atoms with E-state index in [1.165, 1.54) is 11.3 Å². The maximum absolute atomic E-state index is 11.4. The smallest absolute Gasteiger partial charge is 0.260 e. The van der Waals surface area contributed by atoms with Gasteiger partial charge >= 0.3 is 0 Å². The number of carbonyl (C=O) groups is 1. The summed E-state index contributed by atoms with van der Waals surface area (Å²) >= 11 is 7.03. The molecule has 0 spiro atoms. The maximum Gasteiger partial charge on any atom is 0.260 e. The van der Waals surface area contributed by atoms with Crippen LogP contribution in [-0.4, -0.2) is 10.9 Å². The summed E-state index contributed by atoms with van der Waals surface area (Å²) in [6.45, 7) is 0. The van der Waals surface area contributed by atoms with E-state index in [2.05, 4.69) is 4.98 Å². The molecule has 106 valence electrons. The summed E-state index contributed by atoms with van der Waals surface area (Å²) in [5.74, 6) is 0.502. The predicted molar refractivity (Wildman–Crippen MR) is 84.1 cm³/mol. The molecule has 3 rings (SSSR count). The second kappa shape index (κ2) is 5.23. The molecule has 0 aliphatic carbocycles. The average molecular weight is 320 g/mol. The molecule has 21 heavy (non-hydrogen) atoms. The number of nitrogen functional groups attached to an aromatic ring is 1. The molecule has 0 aliphatic rings. The highest BCUT2D eigenvalue weighted by molar-refractivity contribution is 7.21. The first-order valence-electron chi connectivity index (χ1n) is 5.95. The van der Waals surface area contributed by atoms with Crippen LogP contribution in [0.15, 0.2) is 36.7 Å². The lowest BCUT2D eigenvalue weighted by atomic mass is 10.2. The van der Waals surface area contributed by atoms with E-state index in [1.54, 1.807) is 36.7 Å². The minimum absolute atomic E-state index is 0.305. The van der Waals surface area contributed by atoms with Crippen molar-refractivity contribution in [3.05, 3.63) is 46.6 Å². The lowest BCUT2D eigenvalue weighted by Gasteiger charge is -2.07. The van der Waals surface area contributed by atoms with Crippen LogP contribution in [0.3, 0.4) is 0 Å². The van der Waals surface area contributed by atoms with Gasteiger partial charge in [0.15, 0.2) is 5.75 Å². The highest BCUT2D eigenvalue weighted by atomic mass is 35.5. The van der Waals surface area contributed by atoms with Gasteiger partial charge < -0.3 is 16.2 Å². The lowest BCUT2D eigenvalue weighted by Crippen LogP contribution is -2.10. The zero-order chi connectivity index (χ0) is 15.0. The maximum atomic E-state index is 11.4. The van der Waals surface area contributed by atoms with Crippen molar-refractivity contribution in [2.45, 2.75) is 0 Å². The number of carbonyl (C=O) groups excluding carboxylic acids is 1. The van der Waals surface area contributed by atoms with E-state index >= 15 is 0 Å². The monoisotopic (exact) mass is 319 g/mol. The molecule has 2 heterocycles. The molecule has 1 aromatic carbocycles. The summed E-state index contributed by atoms with van der Waals surface area (Å²) < 4.78 is 6.52. The van der Waals surface area contributed by atoms with Gasteiger partial charge in [-0.05, 0) is 24.3 Å². The normalized spacial score (nSPS) is 10.7. The lowest BCUT2D eigenvalue weighted by molar-refractivity contribution is 0.100. The molecule has 0 saturated carbocycles. The van der Waals surface area contributed by atoms with Crippen molar-refractivity contribution < 1.29 is 9.53 Å². The third-order valence-electron chi connectivity index (χ3n) is 2.87. The van der Waals surface area contributed by atoms with Gasteiger partial charge in [0.2, 0.25) is 0 Å². The van der Waals surface area contributed by atoms with Crippen LogP contribution in [0, 0.1) is 0 Å². The van der Waals surface area contributed by atoms with Crippen LogP contribution in [-0.2, 0) is 0 Å². The van der Waals surface area contributed by atoms with Crippen molar-refractivity contribution >= 4 is 44.6 Å². The summed E-state index contributed by atoms with van der Waals surface area (Å²) in [7, 11) is 0. The largest absolute Gasteiger partial charge is 0.455 e. The standard InChI is InChI=1S/C14H10ClN3O2S/c15-7-1-3-8(4-2-7)20-9-5-18-6-10-11(9)12(16)13(21-10)14(17)19/h1-6H,16H2,(H2,17,19). The zero-order valence-corrected chi connectivity index (χ0v) is 12.2. The highest BCUT2D eigenvalue weighted by Gasteiger charge is 2.18. The molecule has 7 heteroatoms. The number of anilines is 1. The van der Waals surface area contributed by atoms with E-state index in [9.17, 15) is 4.79 Å². The van der Waals surface area contributed by atoms with Crippen molar-refractivity contribution in [1.82, 2.24) is 4.98 Å². The molecule has 0 saturated heterocycles. The van der Waals surface area contributed by atoms with E-state index in [4.69, 9.17) is 27.8 Å². The predicted octanol–water partition coefficient (Wildman–Crippen LogP) is 3.42. The van der Waals surface area contributed by atoms with Crippen LogP contribution in [0.1, 0.15) is 9.67 Å². The molecule has 0 unspecified atom stereocenters. The molecule has 0 fully saturated rings. The quantitative estimate of drug-likeness (QED) is 0.773. The topological polar surface area (TPSA) is 91.2 Å². The first-order chi connectivity index (χ1) is 10.1. The summed E-state index contributed by atoms with van der Waals surface area (Å²) in [5, 5.41) is 1.25. The fourth-order valence-corrected chi connectivity index (χ4v) is 3.02. The van der Waals surface area contributed by atoms with Crippen LogP contribution in [0.25, 0.3) is 10.1 Å². The van der Waals surface area contributed by atoms with Gasteiger partial charge in [-0.25, -0.2) is 0 Å². The van der Waals surface area contributed by atoms with Crippen molar-refractivity contribution in [2.75, 3.05) is 5.73 Å². The first-order valence-corrected chi connectivity index (χ1v) is 7.15. The van der Waals surface area contributed by atoms with Crippen molar-refractivity contribution in [3.8, 4) is 11.5 Å². The highest BCUT2D eigenvalue weighted by Crippen LogP contribution is 2.40. The average Bonchev–Trinajstić information content (AvgIpc) is 2.80. The SMILES string of the molecule is NC(=O)c1sc2cncc(Oc3ccc(Cl)cc3)c2c1N. The number of nitrogens with two attached hydrogens (primary N) is 2. The van der Waals surface area contributed by atoms with Crippen LogP contribution >= 0.6 is 22.9 Å². The zero-order valence-electron chi connectivity index (χ0n) is 10.7. The number of rotatable bonds is 3. The summed E-state index contributed by atoms with van der Waals surface area (Å²) in [4.78, 5) is 15.8. The molecule has 2 aromatic heterocycles. The fraction of sp³-hybridized carbons (Fsp3) is 0. The molecular weight excluding hydrogens is 310 g/mol. The van der Waals surface area contributed by atoms with E-state index in [-0.39, 0.29) is 0 Å². The Kier molecular flexibility index (Phi) is 3.40. The van der Waals surface area contributed by atoms with Gasteiger partial charge in [-0.2, -0.15) is 0 Å². The second-order valence-electron chi connectivity index (χ2n) is 4.28. The third-order valence-corrected chi connectivity index (χ3v) is 4.27. The number of hydrogen-bond donors (Lipinski definition) is 2. The Morgan fingerprint density at radius 1 is 1.24 bits per heavy atom. The van der Waals surface area contributed by atoms with Crippen LogP contribution in [0.5, 0.6) is 11.5 Å². The van der Waals surface area contributed by atoms with Crippen LogP contribution in [0.2, 0.25) is 5.02 Å². The Bertz CT molecular complexity index is 830. The Morgan fingerprint density at radius 2 is 1.95 bits per heavy atom. The number of fused-ring (bicyclic) bond motifs is 1. The molecule has 4 N–H and O–H groups in total. The number of amides is 1. The summed E-state index contributed by atoms with van der Waals surface area (Å²) in [6, 6.07) is 6.91. The van der Waals surface area contributed by atoms with Gasteiger partial charge in [-0.1, -0.05) is 11.6 Å². The Morgan fingerprint density at radius 3 is 2.62 bits per heavy atom. The van der Waals surface area contributed by atoms with Crippen LogP contribution in [0.4, 0.5) is 5.69 Å². The molecule has 0 aliphatic heterocycles. The minimum atomic E-state index is -0.564. The Balaban J connectivity index is 2.10. The first kappa shape index (κ1) is 13.7. The van der Waals surface area contributed by atoms with Gasteiger partial charge in [-0.3, -0.25) is 9.78 Å². The summed E-state index contributed by atoms with van der Waals surface area (Å²) in [5.41, 5.74) is 11.6. The van der Waals surface area contributed by atoms with Gasteiger partial charge in [0.25, 0.3) is 5.91 Å². The molecule has 1 amide bonds. The number of aromatic nitrogens is 1. The van der Waals surface area contributed by atoms with Gasteiger partial charge in [-0.15, -0.1) is 11.3 Å². The number of thiophene rings is 1. The Labute approximate surface area is 129 Å². The number of halogens is 1. The molecular formula is C14H10ClN3O2S. The minimum Gasteiger partial charge on any atom is -0.455 e. The van der Waals surface area contributed by atoms with E-state index in [0.29, 0.717) is 32.5 Å². The molecule has 0 radical (unpaired) electrons. The van der Waals surface area contributed by atoms with Crippen molar-refractivity contribution in [1.29, 1.82) is 0 Å². The second-order valence-corrected chi connectivity index (χ2v) is 5.76. The number of nitrogens with zero attached hydrogens (tertiary/aromatic N) is 1. The van der Waals surface area contributed by atoms with Gasteiger partial charge in [0.1, 0.15) is 10.6 Å².